The van der Waals surface area contributed by atoms with E-state index in [-0.39, 0.29) is 5.69 Å². The normalized spacial score (nSPS) is 10.2. The number of hydrogen-bond donors (Lipinski definition) is 1. The number of aromatic carboxylic acids is 1. The fraction of sp³-hybridized carbons (Fsp3) is 0.500. The van der Waals surface area contributed by atoms with E-state index in [0.29, 0.717) is 24.8 Å². The number of ether oxygens (including phenoxy) is 1. The molecule has 0 spiro atoms. The summed E-state index contributed by atoms with van der Waals surface area (Å²) in [5.74, 6) is -0.652. The predicted molar refractivity (Wildman–Crippen MR) is 58.9 cm³/mol. The van der Waals surface area contributed by atoms with Gasteiger partial charge in [0.1, 0.15) is 0 Å². The molecule has 0 atom stereocenters. The third-order valence-corrected chi connectivity index (χ3v) is 2.03. The van der Waals surface area contributed by atoms with Gasteiger partial charge in [-0.2, -0.15) is 0 Å². The van der Waals surface area contributed by atoms with Crippen LogP contribution in [0, 0.1) is 6.92 Å². The first-order chi connectivity index (χ1) is 7.54. The fourth-order valence-electron chi connectivity index (χ4n) is 1.16. The minimum atomic E-state index is -1.05. The van der Waals surface area contributed by atoms with Gasteiger partial charge in [-0.3, -0.25) is 0 Å². The van der Waals surface area contributed by atoms with Crippen molar-refractivity contribution < 1.29 is 14.6 Å². The lowest BCUT2D eigenvalue weighted by Crippen LogP contribution is -2.25. The van der Waals surface area contributed by atoms with Crippen LogP contribution in [0.5, 0.6) is 0 Å². The standard InChI is InChI=1S/C10H15N3O3/c1-7-6-8(9(14)15)12-10(11-7)13(2)4-5-16-3/h6H,4-5H2,1-3H3,(H,14,15). The summed E-state index contributed by atoms with van der Waals surface area (Å²) < 4.78 is 4.93. The van der Waals surface area contributed by atoms with Gasteiger partial charge < -0.3 is 14.7 Å². The van der Waals surface area contributed by atoms with Crippen molar-refractivity contribution in [3.05, 3.63) is 17.5 Å². The van der Waals surface area contributed by atoms with E-state index in [1.807, 2.05) is 0 Å². The van der Waals surface area contributed by atoms with Crippen molar-refractivity contribution in [3.8, 4) is 0 Å². The van der Waals surface area contributed by atoms with E-state index < -0.39 is 5.97 Å². The minimum absolute atomic E-state index is 0.00627. The number of methoxy groups -OCH3 is 1. The zero-order valence-electron chi connectivity index (χ0n) is 9.60. The van der Waals surface area contributed by atoms with Crippen molar-refractivity contribution in [2.75, 3.05) is 32.2 Å². The molecule has 0 unspecified atom stereocenters. The van der Waals surface area contributed by atoms with E-state index in [9.17, 15) is 4.79 Å². The summed E-state index contributed by atoms with van der Waals surface area (Å²) >= 11 is 0. The van der Waals surface area contributed by atoms with E-state index >= 15 is 0 Å². The van der Waals surface area contributed by atoms with E-state index in [0.717, 1.165) is 0 Å². The fourth-order valence-corrected chi connectivity index (χ4v) is 1.16. The number of nitrogens with zero attached hydrogens (tertiary/aromatic N) is 3. The smallest absolute Gasteiger partial charge is 0.354 e. The highest BCUT2D eigenvalue weighted by Crippen LogP contribution is 2.08. The molecule has 1 aromatic rings. The Kier molecular flexibility index (Phi) is 4.19. The van der Waals surface area contributed by atoms with Crippen molar-refractivity contribution in [2.45, 2.75) is 6.92 Å². The van der Waals surface area contributed by atoms with Gasteiger partial charge in [-0.25, -0.2) is 14.8 Å². The Balaban J connectivity index is 2.91. The van der Waals surface area contributed by atoms with E-state index in [1.54, 1.807) is 26.0 Å². The molecule has 1 N–H and O–H groups in total. The van der Waals surface area contributed by atoms with Crippen molar-refractivity contribution >= 4 is 11.9 Å². The van der Waals surface area contributed by atoms with Gasteiger partial charge in [-0.15, -0.1) is 0 Å². The Morgan fingerprint density at radius 3 is 2.81 bits per heavy atom. The Morgan fingerprint density at radius 2 is 2.25 bits per heavy atom. The molecule has 0 aliphatic carbocycles. The Morgan fingerprint density at radius 1 is 1.56 bits per heavy atom. The molecule has 0 aliphatic heterocycles. The molecule has 1 rings (SSSR count). The van der Waals surface area contributed by atoms with Crippen molar-refractivity contribution in [1.82, 2.24) is 9.97 Å². The molecule has 0 fully saturated rings. The Labute approximate surface area is 93.9 Å². The predicted octanol–water partition coefficient (Wildman–Crippen LogP) is 0.566. The molecule has 0 bridgehead atoms. The van der Waals surface area contributed by atoms with Gasteiger partial charge in [0.15, 0.2) is 5.69 Å². The van der Waals surface area contributed by atoms with Crippen LogP contribution >= 0.6 is 0 Å². The maximum Gasteiger partial charge on any atom is 0.354 e. The van der Waals surface area contributed by atoms with Gasteiger partial charge in [0, 0.05) is 26.4 Å². The van der Waals surface area contributed by atoms with Crippen LogP contribution in [0.25, 0.3) is 0 Å². The first-order valence-corrected chi connectivity index (χ1v) is 4.83. The van der Waals surface area contributed by atoms with Crippen molar-refractivity contribution in [2.24, 2.45) is 0 Å². The minimum Gasteiger partial charge on any atom is -0.477 e. The van der Waals surface area contributed by atoms with E-state index in [2.05, 4.69) is 9.97 Å². The number of rotatable bonds is 5. The van der Waals surface area contributed by atoms with Crippen LogP contribution in [0.4, 0.5) is 5.95 Å². The number of aryl methyl sites for hydroxylation is 1. The van der Waals surface area contributed by atoms with Gasteiger partial charge in [0.25, 0.3) is 0 Å². The molecule has 1 heterocycles. The topological polar surface area (TPSA) is 75.5 Å². The molecule has 0 aliphatic rings. The van der Waals surface area contributed by atoms with Crippen LogP contribution < -0.4 is 4.90 Å². The Bertz CT molecular complexity index is 382. The second kappa shape index (κ2) is 5.41. The van der Waals surface area contributed by atoms with Gasteiger partial charge >= 0.3 is 5.97 Å². The molecule has 0 saturated carbocycles. The zero-order chi connectivity index (χ0) is 12.1. The van der Waals surface area contributed by atoms with Crippen molar-refractivity contribution in [3.63, 3.8) is 0 Å². The molecular formula is C10H15N3O3. The first-order valence-electron chi connectivity index (χ1n) is 4.83. The lowest BCUT2D eigenvalue weighted by Gasteiger charge is -2.16. The monoisotopic (exact) mass is 225 g/mol. The lowest BCUT2D eigenvalue weighted by atomic mass is 10.3. The summed E-state index contributed by atoms with van der Waals surface area (Å²) in [5, 5.41) is 8.86. The Hall–Kier alpha value is -1.69. The maximum absolute atomic E-state index is 10.8. The third kappa shape index (κ3) is 3.16. The highest BCUT2D eigenvalue weighted by atomic mass is 16.5. The van der Waals surface area contributed by atoms with Crippen LogP contribution in [0.2, 0.25) is 0 Å². The number of carboxylic acid groups (broad SMARTS) is 1. The van der Waals surface area contributed by atoms with Crippen LogP contribution in [0.15, 0.2) is 6.07 Å². The number of likely N-dealkylation sites (N-methyl/N-ethyl adjacent to an activating group) is 1. The number of carboxylic acids is 1. The second-order valence-corrected chi connectivity index (χ2v) is 3.41. The first kappa shape index (κ1) is 12.4. The number of anilines is 1. The molecular weight excluding hydrogens is 210 g/mol. The highest BCUT2D eigenvalue weighted by Gasteiger charge is 2.11. The molecule has 88 valence electrons. The molecule has 16 heavy (non-hydrogen) atoms. The lowest BCUT2D eigenvalue weighted by molar-refractivity contribution is 0.0690. The number of carbonyl (C=O) groups is 1. The summed E-state index contributed by atoms with van der Waals surface area (Å²) in [7, 11) is 3.40. The average molecular weight is 225 g/mol. The number of aromatic nitrogens is 2. The van der Waals surface area contributed by atoms with Gasteiger partial charge in [0.2, 0.25) is 5.95 Å². The molecule has 1 aromatic heterocycles. The molecule has 6 nitrogen and oxygen atoms in total. The summed E-state index contributed by atoms with van der Waals surface area (Å²) in [6, 6.07) is 1.44. The molecule has 0 aromatic carbocycles. The number of hydrogen-bond acceptors (Lipinski definition) is 5. The van der Waals surface area contributed by atoms with Crippen molar-refractivity contribution in [1.29, 1.82) is 0 Å². The second-order valence-electron chi connectivity index (χ2n) is 3.41. The summed E-state index contributed by atoms with van der Waals surface area (Å²) in [6.45, 7) is 2.89. The molecule has 0 radical (unpaired) electrons. The molecule has 0 saturated heterocycles. The van der Waals surface area contributed by atoms with Crippen LogP contribution in [0.3, 0.4) is 0 Å². The zero-order valence-corrected chi connectivity index (χ0v) is 9.60. The molecule has 6 heteroatoms. The quantitative estimate of drug-likeness (QED) is 0.789. The highest BCUT2D eigenvalue weighted by molar-refractivity contribution is 5.85. The van der Waals surface area contributed by atoms with E-state index in [1.165, 1.54) is 6.07 Å². The third-order valence-electron chi connectivity index (χ3n) is 2.03. The van der Waals surface area contributed by atoms with Crippen LogP contribution in [0.1, 0.15) is 16.2 Å². The summed E-state index contributed by atoms with van der Waals surface area (Å²) in [6.07, 6.45) is 0. The SMILES string of the molecule is COCCN(C)c1nc(C)cc(C(=O)O)n1. The van der Waals surface area contributed by atoms with Gasteiger partial charge in [-0.05, 0) is 13.0 Å². The summed E-state index contributed by atoms with van der Waals surface area (Å²) in [4.78, 5) is 20.7. The molecule has 0 amide bonds. The average Bonchev–Trinajstić information content (AvgIpc) is 2.24. The van der Waals surface area contributed by atoms with E-state index in [4.69, 9.17) is 9.84 Å². The van der Waals surface area contributed by atoms with Crippen LogP contribution in [-0.4, -0.2) is 48.4 Å². The largest absolute Gasteiger partial charge is 0.477 e. The van der Waals surface area contributed by atoms with Crippen LogP contribution in [-0.2, 0) is 4.74 Å². The van der Waals surface area contributed by atoms with Gasteiger partial charge in [-0.1, -0.05) is 0 Å². The maximum atomic E-state index is 10.8. The summed E-state index contributed by atoms with van der Waals surface area (Å²) in [5.41, 5.74) is 0.637. The van der Waals surface area contributed by atoms with Gasteiger partial charge in [0.05, 0.1) is 6.61 Å².